The highest BCUT2D eigenvalue weighted by Crippen LogP contribution is 2.27. The Morgan fingerprint density at radius 3 is 2.81 bits per heavy atom. The summed E-state index contributed by atoms with van der Waals surface area (Å²) in [4.78, 5) is 36.1. The minimum atomic E-state index is -0.259. The van der Waals surface area contributed by atoms with Crippen LogP contribution in [0.4, 0.5) is 10.8 Å². The highest BCUT2D eigenvalue weighted by molar-refractivity contribution is 7.99. The van der Waals surface area contributed by atoms with E-state index < -0.39 is 0 Å². The molecule has 2 aromatic heterocycles. The minimum absolute atomic E-state index is 0.0797. The highest BCUT2D eigenvalue weighted by atomic mass is 32.2. The van der Waals surface area contributed by atoms with Crippen molar-refractivity contribution in [3.05, 3.63) is 46.5 Å². The van der Waals surface area contributed by atoms with E-state index in [0.29, 0.717) is 10.3 Å². The van der Waals surface area contributed by atoms with Crippen molar-refractivity contribution in [2.45, 2.75) is 13.5 Å². The predicted molar refractivity (Wildman–Crippen MR) is 111 cm³/mol. The zero-order valence-electron chi connectivity index (χ0n) is 14.8. The van der Waals surface area contributed by atoms with Crippen LogP contribution >= 0.6 is 23.1 Å². The summed E-state index contributed by atoms with van der Waals surface area (Å²) in [5, 5.41) is 3.67. The van der Waals surface area contributed by atoms with Gasteiger partial charge in [0.25, 0.3) is 5.56 Å². The first-order chi connectivity index (χ1) is 13.1. The average molecular weight is 402 g/mol. The van der Waals surface area contributed by atoms with Gasteiger partial charge in [0.1, 0.15) is 17.6 Å². The summed E-state index contributed by atoms with van der Waals surface area (Å²) >= 11 is 3.28. The lowest BCUT2D eigenvalue weighted by atomic mass is 10.2. The van der Waals surface area contributed by atoms with Crippen LogP contribution in [0.25, 0.3) is 10.3 Å². The van der Waals surface area contributed by atoms with Gasteiger partial charge in [0.15, 0.2) is 10.8 Å². The predicted octanol–water partition coefficient (Wildman–Crippen LogP) is 2.35. The number of para-hydroxylation sites is 1. The van der Waals surface area contributed by atoms with E-state index in [4.69, 9.17) is 0 Å². The van der Waals surface area contributed by atoms with Gasteiger partial charge in [-0.15, -0.1) is 0 Å². The first kappa shape index (κ1) is 18.0. The Labute approximate surface area is 164 Å². The Balaban J connectivity index is 1.55. The molecular weight excluding hydrogens is 382 g/mol. The molecule has 1 saturated heterocycles. The fourth-order valence-electron chi connectivity index (χ4n) is 2.90. The monoisotopic (exact) mass is 401 g/mol. The second kappa shape index (κ2) is 7.69. The smallest absolute Gasteiger partial charge is 0.273 e. The third kappa shape index (κ3) is 3.84. The lowest BCUT2D eigenvalue weighted by Gasteiger charge is -2.25. The minimum Gasteiger partial charge on any atom is -0.346 e. The van der Waals surface area contributed by atoms with Crippen LogP contribution in [0.1, 0.15) is 5.56 Å². The van der Waals surface area contributed by atoms with Crippen LogP contribution in [-0.4, -0.2) is 45.0 Å². The normalized spacial score (nSPS) is 14.5. The molecule has 0 radical (unpaired) electrons. The standard InChI is InChI=1S/C18H19N5O2S2/c1-12-4-2-3-5-13(12)20-14(24)10-23-11-19-16-15(17(23)25)27-18(21-16)22-6-8-26-9-7-22/h2-5,11H,6-10H2,1H3,(H,20,24). The highest BCUT2D eigenvalue weighted by Gasteiger charge is 2.18. The summed E-state index contributed by atoms with van der Waals surface area (Å²) in [7, 11) is 0. The Kier molecular flexibility index (Phi) is 5.13. The maximum atomic E-state index is 12.8. The lowest BCUT2D eigenvalue weighted by molar-refractivity contribution is -0.116. The second-order valence-electron chi connectivity index (χ2n) is 6.29. The first-order valence-corrected chi connectivity index (χ1v) is 10.6. The molecule has 0 saturated carbocycles. The third-order valence-electron chi connectivity index (χ3n) is 4.39. The zero-order valence-corrected chi connectivity index (χ0v) is 16.5. The van der Waals surface area contributed by atoms with Crippen molar-refractivity contribution in [2.24, 2.45) is 0 Å². The molecule has 7 nitrogen and oxygen atoms in total. The largest absolute Gasteiger partial charge is 0.346 e. The molecular formula is C18H19N5O2S2. The Hall–Kier alpha value is -2.39. The summed E-state index contributed by atoms with van der Waals surface area (Å²) in [6.45, 7) is 3.70. The van der Waals surface area contributed by atoms with Crippen molar-refractivity contribution in [3.63, 3.8) is 0 Å². The summed E-state index contributed by atoms with van der Waals surface area (Å²) in [5.74, 6) is 1.87. The van der Waals surface area contributed by atoms with Crippen molar-refractivity contribution in [3.8, 4) is 0 Å². The Morgan fingerprint density at radius 2 is 2.04 bits per heavy atom. The van der Waals surface area contributed by atoms with Crippen LogP contribution in [0, 0.1) is 6.92 Å². The number of nitrogens with one attached hydrogen (secondary N) is 1. The molecule has 1 aliphatic heterocycles. The van der Waals surface area contributed by atoms with E-state index in [-0.39, 0.29) is 18.0 Å². The molecule has 3 aromatic rings. The number of thioether (sulfide) groups is 1. The number of carbonyl (C=O) groups is 1. The molecule has 0 spiro atoms. The van der Waals surface area contributed by atoms with Crippen molar-refractivity contribution < 1.29 is 4.79 Å². The van der Waals surface area contributed by atoms with E-state index in [2.05, 4.69) is 20.2 Å². The first-order valence-electron chi connectivity index (χ1n) is 8.66. The number of benzene rings is 1. The van der Waals surface area contributed by atoms with Crippen LogP contribution < -0.4 is 15.8 Å². The summed E-state index contributed by atoms with van der Waals surface area (Å²) in [6, 6.07) is 7.53. The van der Waals surface area contributed by atoms with E-state index in [9.17, 15) is 9.59 Å². The quantitative estimate of drug-likeness (QED) is 0.723. The fraction of sp³-hybridized carbons (Fsp3) is 0.333. The number of anilines is 2. The molecule has 1 aromatic carbocycles. The van der Waals surface area contributed by atoms with Gasteiger partial charge >= 0.3 is 0 Å². The van der Waals surface area contributed by atoms with Gasteiger partial charge < -0.3 is 10.2 Å². The van der Waals surface area contributed by atoms with Crippen LogP contribution in [0.5, 0.6) is 0 Å². The van der Waals surface area contributed by atoms with Gasteiger partial charge in [-0.05, 0) is 18.6 Å². The lowest BCUT2D eigenvalue weighted by Crippen LogP contribution is -2.32. The molecule has 0 unspecified atom stereocenters. The molecule has 27 heavy (non-hydrogen) atoms. The number of thiazole rings is 1. The Morgan fingerprint density at radius 1 is 1.26 bits per heavy atom. The Bertz CT molecular complexity index is 1040. The molecule has 1 N–H and O–H groups in total. The number of carbonyl (C=O) groups excluding carboxylic acids is 1. The van der Waals surface area contributed by atoms with E-state index in [1.165, 1.54) is 22.2 Å². The molecule has 9 heteroatoms. The van der Waals surface area contributed by atoms with Crippen LogP contribution in [0.2, 0.25) is 0 Å². The fourth-order valence-corrected chi connectivity index (χ4v) is 4.82. The van der Waals surface area contributed by atoms with Gasteiger partial charge in [0.2, 0.25) is 5.91 Å². The van der Waals surface area contributed by atoms with E-state index in [1.54, 1.807) is 0 Å². The van der Waals surface area contributed by atoms with E-state index in [0.717, 1.165) is 41.0 Å². The maximum Gasteiger partial charge on any atom is 0.273 e. The third-order valence-corrected chi connectivity index (χ3v) is 6.42. The van der Waals surface area contributed by atoms with Gasteiger partial charge in [-0.25, -0.2) is 4.98 Å². The number of fused-ring (bicyclic) bond motifs is 1. The molecule has 0 atom stereocenters. The number of nitrogens with zero attached hydrogens (tertiary/aromatic N) is 4. The molecule has 4 rings (SSSR count). The number of hydrogen-bond donors (Lipinski definition) is 1. The molecule has 1 fully saturated rings. The number of rotatable bonds is 4. The van der Waals surface area contributed by atoms with E-state index in [1.807, 2.05) is 43.0 Å². The summed E-state index contributed by atoms with van der Waals surface area (Å²) in [6.07, 6.45) is 1.40. The van der Waals surface area contributed by atoms with Gasteiger partial charge in [0, 0.05) is 30.3 Å². The average Bonchev–Trinajstić information content (AvgIpc) is 3.12. The summed E-state index contributed by atoms with van der Waals surface area (Å²) in [5.41, 5.74) is 1.94. The van der Waals surface area contributed by atoms with Gasteiger partial charge in [0.05, 0.1) is 0 Å². The molecule has 3 heterocycles. The second-order valence-corrected chi connectivity index (χ2v) is 8.49. The van der Waals surface area contributed by atoms with Crippen molar-refractivity contribution in [1.29, 1.82) is 0 Å². The van der Waals surface area contributed by atoms with Crippen LogP contribution in [0.3, 0.4) is 0 Å². The summed E-state index contributed by atoms with van der Waals surface area (Å²) < 4.78 is 1.83. The van der Waals surface area contributed by atoms with Crippen LogP contribution in [-0.2, 0) is 11.3 Å². The van der Waals surface area contributed by atoms with Gasteiger partial charge in [-0.1, -0.05) is 29.5 Å². The zero-order chi connectivity index (χ0) is 18.8. The molecule has 0 bridgehead atoms. The van der Waals surface area contributed by atoms with Crippen LogP contribution in [0.15, 0.2) is 35.4 Å². The van der Waals surface area contributed by atoms with E-state index >= 15 is 0 Å². The topological polar surface area (TPSA) is 80.1 Å². The molecule has 1 amide bonds. The van der Waals surface area contributed by atoms with Gasteiger partial charge in [-0.2, -0.15) is 16.7 Å². The SMILES string of the molecule is Cc1ccccc1NC(=O)Cn1cnc2nc(N3CCSCC3)sc2c1=O. The number of amides is 1. The molecule has 1 aliphatic rings. The molecule has 140 valence electrons. The maximum absolute atomic E-state index is 12.8. The van der Waals surface area contributed by atoms with Crippen molar-refractivity contribution in [2.75, 3.05) is 34.8 Å². The number of aryl methyl sites for hydroxylation is 1. The molecule has 0 aliphatic carbocycles. The van der Waals surface area contributed by atoms with Crippen molar-refractivity contribution in [1.82, 2.24) is 14.5 Å². The van der Waals surface area contributed by atoms with Crippen molar-refractivity contribution >= 4 is 50.2 Å². The number of hydrogen-bond acceptors (Lipinski definition) is 7. The van der Waals surface area contributed by atoms with Gasteiger partial charge in [-0.3, -0.25) is 14.2 Å². The number of aromatic nitrogens is 3.